The molecular formula is C12H8Cl2N4. The van der Waals surface area contributed by atoms with Gasteiger partial charge < -0.3 is 0 Å². The predicted octanol–water partition coefficient (Wildman–Crippen LogP) is 3.41. The molecule has 2 aromatic heterocycles. The highest BCUT2D eigenvalue weighted by Gasteiger charge is 2.11. The first-order valence-corrected chi connectivity index (χ1v) is 6.03. The van der Waals surface area contributed by atoms with Crippen LogP contribution in [0.3, 0.4) is 0 Å². The summed E-state index contributed by atoms with van der Waals surface area (Å²) in [6, 6.07) is 5.71. The van der Waals surface area contributed by atoms with Gasteiger partial charge in [0.25, 0.3) is 0 Å². The fourth-order valence-corrected chi connectivity index (χ4v) is 2.38. The molecule has 3 rings (SSSR count). The molecule has 0 radical (unpaired) electrons. The van der Waals surface area contributed by atoms with Gasteiger partial charge in [0.15, 0.2) is 11.5 Å². The Morgan fingerprint density at radius 1 is 1.06 bits per heavy atom. The summed E-state index contributed by atoms with van der Waals surface area (Å²) in [4.78, 5) is 3.97. The largest absolute Gasteiger partial charge is 0.262 e. The number of nitrogens with zero attached hydrogens (tertiary/aromatic N) is 4. The van der Waals surface area contributed by atoms with Gasteiger partial charge in [0.1, 0.15) is 5.15 Å². The van der Waals surface area contributed by atoms with Crippen molar-refractivity contribution in [1.82, 2.24) is 19.6 Å². The maximum Gasteiger partial charge on any atom is 0.180 e. The van der Waals surface area contributed by atoms with Gasteiger partial charge in [-0.2, -0.15) is 0 Å². The third-order valence-electron chi connectivity index (χ3n) is 2.57. The van der Waals surface area contributed by atoms with Gasteiger partial charge in [0, 0.05) is 10.6 Å². The van der Waals surface area contributed by atoms with E-state index in [0.29, 0.717) is 21.6 Å². The van der Waals surface area contributed by atoms with Crippen molar-refractivity contribution in [2.24, 2.45) is 0 Å². The van der Waals surface area contributed by atoms with Crippen LogP contribution in [0.1, 0.15) is 5.56 Å². The molecule has 0 fully saturated rings. The molecule has 0 saturated heterocycles. The van der Waals surface area contributed by atoms with Gasteiger partial charge in [-0.25, -0.2) is 0 Å². The molecule has 0 atom stereocenters. The molecule has 3 aromatic rings. The van der Waals surface area contributed by atoms with E-state index in [1.54, 1.807) is 16.8 Å². The number of halogens is 2. The fourth-order valence-electron chi connectivity index (χ4n) is 1.87. The van der Waals surface area contributed by atoms with Crippen LogP contribution >= 0.6 is 23.2 Å². The lowest BCUT2D eigenvalue weighted by atomic mass is 10.1. The Kier molecular flexibility index (Phi) is 2.69. The van der Waals surface area contributed by atoms with Crippen LogP contribution in [0.2, 0.25) is 10.2 Å². The minimum Gasteiger partial charge on any atom is -0.262 e. The lowest BCUT2D eigenvalue weighted by molar-refractivity contribution is 1.11. The first-order valence-electron chi connectivity index (χ1n) is 5.27. The van der Waals surface area contributed by atoms with Crippen molar-refractivity contribution in [2.45, 2.75) is 6.92 Å². The molecule has 0 unspecified atom stereocenters. The Morgan fingerprint density at radius 3 is 2.67 bits per heavy atom. The van der Waals surface area contributed by atoms with Crippen LogP contribution in [-0.2, 0) is 0 Å². The summed E-state index contributed by atoms with van der Waals surface area (Å²) in [5, 5.41) is 9.30. The average molecular weight is 279 g/mol. The first-order chi connectivity index (χ1) is 8.65. The van der Waals surface area contributed by atoms with Crippen molar-refractivity contribution in [3.05, 3.63) is 46.3 Å². The van der Waals surface area contributed by atoms with Crippen molar-refractivity contribution >= 4 is 28.8 Å². The van der Waals surface area contributed by atoms with Gasteiger partial charge in [0.05, 0.1) is 12.4 Å². The lowest BCUT2D eigenvalue weighted by Crippen LogP contribution is -1.92. The second-order valence-corrected chi connectivity index (χ2v) is 4.79. The van der Waals surface area contributed by atoms with Crippen LogP contribution in [-0.4, -0.2) is 19.6 Å². The SMILES string of the molecule is Cc1cc(Cl)cc(-c2nnc3cncc(Cl)n23)c1. The van der Waals surface area contributed by atoms with E-state index < -0.39 is 0 Å². The van der Waals surface area contributed by atoms with Crippen molar-refractivity contribution in [1.29, 1.82) is 0 Å². The van der Waals surface area contributed by atoms with Crippen molar-refractivity contribution in [2.75, 3.05) is 0 Å². The van der Waals surface area contributed by atoms with Crippen molar-refractivity contribution < 1.29 is 0 Å². The second kappa shape index (κ2) is 4.23. The van der Waals surface area contributed by atoms with Gasteiger partial charge >= 0.3 is 0 Å². The zero-order chi connectivity index (χ0) is 12.7. The number of rotatable bonds is 1. The zero-order valence-electron chi connectivity index (χ0n) is 9.43. The Morgan fingerprint density at radius 2 is 1.89 bits per heavy atom. The van der Waals surface area contributed by atoms with Crippen LogP contribution in [0.25, 0.3) is 17.0 Å². The van der Waals surface area contributed by atoms with E-state index in [4.69, 9.17) is 23.2 Å². The summed E-state index contributed by atoms with van der Waals surface area (Å²) < 4.78 is 1.74. The molecule has 2 heterocycles. The van der Waals surface area contributed by atoms with Crippen LogP contribution in [0.15, 0.2) is 30.6 Å². The van der Waals surface area contributed by atoms with Crippen LogP contribution in [0.4, 0.5) is 0 Å². The normalized spacial score (nSPS) is 11.1. The van der Waals surface area contributed by atoms with Gasteiger partial charge in [-0.15, -0.1) is 10.2 Å². The van der Waals surface area contributed by atoms with Crippen molar-refractivity contribution in [3.63, 3.8) is 0 Å². The minimum atomic E-state index is 0.463. The van der Waals surface area contributed by atoms with E-state index in [2.05, 4.69) is 15.2 Å². The number of aromatic nitrogens is 4. The Hall–Kier alpha value is -1.65. The van der Waals surface area contributed by atoms with E-state index in [1.807, 2.05) is 25.1 Å². The van der Waals surface area contributed by atoms with Gasteiger partial charge in [-0.1, -0.05) is 23.2 Å². The molecule has 4 nitrogen and oxygen atoms in total. The maximum atomic E-state index is 6.12. The van der Waals surface area contributed by atoms with E-state index in [9.17, 15) is 0 Å². The molecule has 0 aliphatic heterocycles. The molecule has 0 amide bonds. The molecule has 0 bridgehead atoms. The number of benzene rings is 1. The topological polar surface area (TPSA) is 43.1 Å². The van der Waals surface area contributed by atoms with E-state index in [-0.39, 0.29) is 0 Å². The molecule has 1 aromatic carbocycles. The molecule has 0 aliphatic rings. The monoisotopic (exact) mass is 278 g/mol. The Labute approximate surface area is 113 Å². The molecule has 18 heavy (non-hydrogen) atoms. The lowest BCUT2D eigenvalue weighted by Gasteiger charge is -2.03. The quantitative estimate of drug-likeness (QED) is 0.685. The van der Waals surface area contributed by atoms with Gasteiger partial charge in [-0.05, 0) is 30.7 Å². The summed E-state index contributed by atoms with van der Waals surface area (Å²) in [6.45, 7) is 1.97. The average Bonchev–Trinajstić information content (AvgIpc) is 2.73. The number of fused-ring (bicyclic) bond motifs is 1. The third-order valence-corrected chi connectivity index (χ3v) is 3.06. The summed E-state index contributed by atoms with van der Waals surface area (Å²) >= 11 is 12.2. The molecule has 0 spiro atoms. The number of hydrogen-bond acceptors (Lipinski definition) is 3. The van der Waals surface area contributed by atoms with Gasteiger partial charge in [0.2, 0.25) is 0 Å². The van der Waals surface area contributed by atoms with Crippen LogP contribution in [0, 0.1) is 6.92 Å². The summed E-state index contributed by atoms with van der Waals surface area (Å²) in [6.07, 6.45) is 3.17. The molecule has 6 heteroatoms. The summed E-state index contributed by atoms with van der Waals surface area (Å²) in [7, 11) is 0. The Bertz CT molecular complexity index is 716. The van der Waals surface area contributed by atoms with Crippen LogP contribution < -0.4 is 0 Å². The van der Waals surface area contributed by atoms with E-state index in [0.717, 1.165) is 11.1 Å². The standard InChI is InChI=1S/C12H8Cl2N4/c1-7-2-8(4-9(13)3-7)12-17-16-11-6-15-5-10(14)18(11)12/h2-6H,1H3. The van der Waals surface area contributed by atoms with Gasteiger partial charge in [-0.3, -0.25) is 9.38 Å². The minimum absolute atomic E-state index is 0.463. The van der Waals surface area contributed by atoms with E-state index in [1.165, 1.54) is 0 Å². The Balaban J connectivity index is 2.31. The summed E-state index contributed by atoms with van der Waals surface area (Å²) in [5.74, 6) is 0.656. The van der Waals surface area contributed by atoms with E-state index >= 15 is 0 Å². The highest BCUT2D eigenvalue weighted by atomic mass is 35.5. The smallest absolute Gasteiger partial charge is 0.180 e. The third kappa shape index (κ3) is 1.83. The summed E-state index contributed by atoms with van der Waals surface area (Å²) in [5.41, 5.74) is 2.54. The molecule has 0 saturated carbocycles. The predicted molar refractivity (Wildman–Crippen MR) is 71.0 cm³/mol. The number of hydrogen-bond donors (Lipinski definition) is 0. The molecule has 90 valence electrons. The van der Waals surface area contributed by atoms with Crippen molar-refractivity contribution in [3.8, 4) is 11.4 Å². The number of aryl methyl sites for hydroxylation is 1. The highest BCUT2D eigenvalue weighted by Crippen LogP contribution is 2.25. The zero-order valence-corrected chi connectivity index (χ0v) is 10.9. The maximum absolute atomic E-state index is 6.12. The highest BCUT2D eigenvalue weighted by molar-refractivity contribution is 6.31. The molecule has 0 aliphatic carbocycles. The molecule has 0 N–H and O–H groups in total. The first kappa shape index (κ1) is 11.4. The fraction of sp³-hybridized carbons (Fsp3) is 0.0833. The second-order valence-electron chi connectivity index (χ2n) is 3.96. The molecular weight excluding hydrogens is 271 g/mol. The van der Waals surface area contributed by atoms with Crippen LogP contribution in [0.5, 0.6) is 0 Å².